The lowest BCUT2D eigenvalue weighted by Crippen LogP contribution is -2.47. The van der Waals surface area contributed by atoms with Crippen molar-refractivity contribution in [1.29, 1.82) is 0 Å². The maximum Gasteiger partial charge on any atom is 0.414 e. The summed E-state index contributed by atoms with van der Waals surface area (Å²) in [5.41, 5.74) is -1.36. The fourth-order valence-corrected chi connectivity index (χ4v) is 1.67. The van der Waals surface area contributed by atoms with Gasteiger partial charge in [-0.1, -0.05) is 0 Å². The molecular weight excluding hydrogens is 356 g/mol. The number of nitro groups is 1. The highest BCUT2D eigenvalue weighted by molar-refractivity contribution is 6.02. The first-order chi connectivity index (χ1) is 12.2. The van der Waals surface area contributed by atoms with Gasteiger partial charge in [0.15, 0.2) is 0 Å². The summed E-state index contributed by atoms with van der Waals surface area (Å²) < 4.78 is 10.3. The Balaban J connectivity index is 3.03. The highest BCUT2D eigenvalue weighted by atomic mass is 16.6. The average molecular weight is 380 g/mol. The third kappa shape index (κ3) is 9.19. The minimum Gasteiger partial charge on any atom is -0.444 e. The number of alkyl carbamates (subject to hydrolysis) is 2. The van der Waals surface area contributed by atoms with Gasteiger partial charge in [0.05, 0.1) is 10.6 Å². The molecule has 0 aliphatic rings. The maximum atomic E-state index is 12.0. The van der Waals surface area contributed by atoms with E-state index in [9.17, 15) is 19.7 Å². The molecule has 0 unspecified atom stereocenters. The molecule has 0 aliphatic carbocycles. The number of nitro benzene ring substituents is 1. The third-order valence-corrected chi connectivity index (χ3v) is 2.54. The number of nitrogens with one attached hydrogen (secondary N) is 2. The Morgan fingerprint density at radius 1 is 0.926 bits per heavy atom. The van der Waals surface area contributed by atoms with E-state index in [1.54, 1.807) is 41.5 Å². The molecule has 1 rings (SSSR count). The first kappa shape index (κ1) is 21.9. The molecule has 0 aliphatic heterocycles. The molecule has 27 heavy (non-hydrogen) atoms. The van der Waals surface area contributed by atoms with Crippen molar-refractivity contribution in [3.8, 4) is 0 Å². The molecule has 0 aromatic heterocycles. The number of carbonyl (C=O) groups excluding carboxylic acids is 2. The molecule has 0 saturated carbocycles. The number of nitrogens with zero attached hydrogens (tertiary/aromatic N) is 2. The van der Waals surface area contributed by atoms with Gasteiger partial charge in [0, 0.05) is 12.1 Å². The van der Waals surface area contributed by atoms with Gasteiger partial charge in [0.2, 0.25) is 5.96 Å². The van der Waals surface area contributed by atoms with Gasteiger partial charge >= 0.3 is 12.2 Å². The molecule has 10 heteroatoms. The Morgan fingerprint density at radius 3 is 1.67 bits per heavy atom. The van der Waals surface area contributed by atoms with Crippen LogP contribution in [-0.4, -0.2) is 34.3 Å². The molecule has 148 valence electrons. The summed E-state index contributed by atoms with van der Waals surface area (Å²) in [6, 6.07) is 5.23. The topological polar surface area (TPSA) is 132 Å². The smallest absolute Gasteiger partial charge is 0.414 e. The number of benzene rings is 1. The molecule has 2 amide bonds. The van der Waals surface area contributed by atoms with E-state index in [1.807, 2.05) is 0 Å². The van der Waals surface area contributed by atoms with Gasteiger partial charge in [-0.25, -0.2) is 14.6 Å². The van der Waals surface area contributed by atoms with Crippen molar-refractivity contribution in [2.75, 3.05) is 0 Å². The molecule has 0 spiro atoms. The molecule has 0 fully saturated rings. The van der Waals surface area contributed by atoms with Crippen molar-refractivity contribution in [2.24, 2.45) is 4.99 Å². The van der Waals surface area contributed by atoms with Gasteiger partial charge in [0.25, 0.3) is 5.69 Å². The molecule has 0 bridgehead atoms. The number of carbonyl (C=O) groups is 2. The number of hydrogen-bond donors (Lipinski definition) is 2. The summed E-state index contributed by atoms with van der Waals surface area (Å²) in [5.74, 6) is -0.243. The maximum absolute atomic E-state index is 12.0. The zero-order chi connectivity index (χ0) is 20.8. The van der Waals surface area contributed by atoms with Crippen LogP contribution in [0.2, 0.25) is 0 Å². The van der Waals surface area contributed by atoms with E-state index < -0.39 is 28.3 Å². The SMILES string of the molecule is CC(C)(C)OC(=O)NC(=Nc1ccc([N+](=O)[O-])cc1)NC(=O)OC(C)(C)C. The minimum absolute atomic E-state index is 0.115. The molecule has 0 radical (unpaired) electrons. The van der Waals surface area contributed by atoms with E-state index in [2.05, 4.69) is 15.6 Å². The van der Waals surface area contributed by atoms with E-state index in [-0.39, 0.29) is 17.3 Å². The summed E-state index contributed by atoms with van der Waals surface area (Å²) in [6.45, 7) is 10.1. The van der Waals surface area contributed by atoms with Crippen LogP contribution in [0.3, 0.4) is 0 Å². The summed E-state index contributed by atoms with van der Waals surface area (Å²) >= 11 is 0. The lowest BCUT2D eigenvalue weighted by Gasteiger charge is -2.22. The molecule has 1 aromatic carbocycles. The molecular formula is C17H24N4O6. The normalized spacial score (nSPS) is 11.2. The van der Waals surface area contributed by atoms with Crippen LogP contribution in [0.5, 0.6) is 0 Å². The zero-order valence-corrected chi connectivity index (χ0v) is 16.2. The van der Waals surface area contributed by atoms with Gasteiger partial charge in [0.1, 0.15) is 11.2 Å². The van der Waals surface area contributed by atoms with Crippen molar-refractivity contribution in [3.63, 3.8) is 0 Å². The zero-order valence-electron chi connectivity index (χ0n) is 16.2. The number of amides is 2. The van der Waals surface area contributed by atoms with Crippen LogP contribution in [0.25, 0.3) is 0 Å². The summed E-state index contributed by atoms with van der Waals surface area (Å²) in [4.78, 5) is 38.2. The molecule has 0 heterocycles. The lowest BCUT2D eigenvalue weighted by atomic mass is 10.2. The van der Waals surface area contributed by atoms with Crippen molar-refractivity contribution in [2.45, 2.75) is 52.7 Å². The van der Waals surface area contributed by atoms with Crippen molar-refractivity contribution in [1.82, 2.24) is 10.6 Å². The lowest BCUT2D eigenvalue weighted by molar-refractivity contribution is -0.384. The van der Waals surface area contributed by atoms with Gasteiger partial charge in [-0.2, -0.15) is 0 Å². The minimum atomic E-state index is -0.834. The number of aliphatic imine (C=N–C) groups is 1. The molecule has 0 atom stereocenters. The molecule has 2 N–H and O–H groups in total. The fraction of sp³-hybridized carbons (Fsp3) is 0.471. The number of non-ortho nitro benzene ring substituents is 1. The monoisotopic (exact) mass is 380 g/mol. The molecule has 0 saturated heterocycles. The predicted octanol–water partition coefficient (Wildman–Crippen LogP) is 3.63. The standard InChI is InChI=1S/C17H24N4O6/c1-16(2,3)26-14(22)19-13(20-15(23)27-17(4,5)6)18-11-7-9-12(10-8-11)21(24)25/h7-10H,1-6H3,(H2,18,19,20,22,23). The Kier molecular flexibility index (Phi) is 6.87. The number of hydrogen-bond acceptors (Lipinski definition) is 7. The van der Waals surface area contributed by atoms with Gasteiger partial charge in [-0.05, 0) is 53.7 Å². The van der Waals surface area contributed by atoms with Gasteiger partial charge < -0.3 is 9.47 Å². The van der Waals surface area contributed by atoms with Crippen molar-refractivity contribution in [3.05, 3.63) is 34.4 Å². The first-order valence-electron chi connectivity index (χ1n) is 8.08. The Bertz CT molecular complexity index is 697. The Hall–Kier alpha value is -3.17. The van der Waals surface area contributed by atoms with Crippen LogP contribution < -0.4 is 10.6 Å². The predicted molar refractivity (Wildman–Crippen MR) is 98.9 cm³/mol. The average Bonchev–Trinajstić information content (AvgIpc) is 2.43. The van der Waals surface area contributed by atoms with Crippen LogP contribution in [-0.2, 0) is 9.47 Å². The third-order valence-electron chi connectivity index (χ3n) is 2.54. The van der Waals surface area contributed by atoms with E-state index in [0.29, 0.717) is 0 Å². The number of ether oxygens (including phenoxy) is 2. The highest BCUT2D eigenvalue weighted by Gasteiger charge is 2.21. The summed E-state index contributed by atoms with van der Waals surface area (Å²) in [5, 5.41) is 15.4. The molecule has 10 nitrogen and oxygen atoms in total. The second kappa shape index (κ2) is 8.47. The second-order valence-corrected chi connectivity index (χ2v) is 7.49. The van der Waals surface area contributed by atoms with Crippen LogP contribution in [0.4, 0.5) is 21.0 Å². The molecule has 1 aromatic rings. The van der Waals surface area contributed by atoms with Crippen LogP contribution >= 0.6 is 0 Å². The largest absolute Gasteiger partial charge is 0.444 e. The van der Waals surface area contributed by atoms with E-state index >= 15 is 0 Å². The van der Waals surface area contributed by atoms with Gasteiger partial charge in [-0.3, -0.25) is 20.7 Å². The highest BCUT2D eigenvalue weighted by Crippen LogP contribution is 2.18. The van der Waals surface area contributed by atoms with Crippen LogP contribution in [0.15, 0.2) is 29.3 Å². The van der Waals surface area contributed by atoms with Gasteiger partial charge in [-0.15, -0.1) is 0 Å². The second-order valence-electron chi connectivity index (χ2n) is 7.49. The van der Waals surface area contributed by atoms with Crippen LogP contribution in [0, 0.1) is 10.1 Å². The van der Waals surface area contributed by atoms with Crippen molar-refractivity contribution < 1.29 is 24.0 Å². The number of rotatable bonds is 2. The fourth-order valence-electron chi connectivity index (χ4n) is 1.67. The quantitative estimate of drug-likeness (QED) is 0.348. The number of guanidine groups is 1. The van der Waals surface area contributed by atoms with Crippen LogP contribution in [0.1, 0.15) is 41.5 Å². The van der Waals surface area contributed by atoms with E-state index in [0.717, 1.165) is 0 Å². The Morgan fingerprint density at radius 2 is 1.33 bits per heavy atom. The summed E-state index contributed by atoms with van der Waals surface area (Å²) in [6.07, 6.45) is -1.67. The Labute approximate surface area is 157 Å². The van der Waals surface area contributed by atoms with E-state index in [4.69, 9.17) is 9.47 Å². The van der Waals surface area contributed by atoms with E-state index in [1.165, 1.54) is 24.3 Å². The first-order valence-corrected chi connectivity index (χ1v) is 8.08. The summed E-state index contributed by atoms with van der Waals surface area (Å²) in [7, 11) is 0. The van der Waals surface area contributed by atoms with Crippen molar-refractivity contribution >= 4 is 29.5 Å².